The van der Waals surface area contributed by atoms with Gasteiger partial charge in [0.1, 0.15) is 12.1 Å². The zero-order chi connectivity index (χ0) is 21.2. The molecule has 9 heteroatoms. The van der Waals surface area contributed by atoms with E-state index < -0.39 is 17.6 Å². The number of carbonyl (C=O) groups excluding carboxylic acids is 3. The highest BCUT2D eigenvalue weighted by atomic mass is 32.1. The number of hydrogen-bond donors (Lipinski definition) is 2. The third kappa shape index (κ3) is 5.32. The number of fused-ring (bicyclic) bond motifs is 1. The highest BCUT2D eigenvalue weighted by Gasteiger charge is 2.22. The second-order valence-electron chi connectivity index (χ2n) is 7.79. The number of carbonyl (C=O) groups is 3. The third-order valence-corrected chi connectivity index (χ3v) is 5.00. The number of rotatable bonds is 4. The van der Waals surface area contributed by atoms with E-state index in [1.54, 1.807) is 32.7 Å². The van der Waals surface area contributed by atoms with Gasteiger partial charge in [0.2, 0.25) is 5.91 Å². The molecule has 0 atom stereocenters. The standard InChI is InChI=1S/C20H24N4O4S/c1-20(2,3)28-19(27)21-10-16(25)23-18-22-15(11-29-18)13-6-5-12-7-8-24(4)17(26)14(12)9-13/h5-6,9,11H,7-8,10H2,1-4H3,(H,21,27)(H,22,23,25). The minimum absolute atomic E-state index is 0.00470. The van der Waals surface area contributed by atoms with Gasteiger partial charge in [-0.3, -0.25) is 9.59 Å². The lowest BCUT2D eigenvalue weighted by Gasteiger charge is -2.25. The maximum atomic E-state index is 12.4. The van der Waals surface area contributed by atoms with Crippen molar-refractivity contribution in [3.05, 3.63) is 34.7 Å². The first-order valence-corrected chi connectivity index (χ1v) is 10.1. The predicted molar refractivity (Wildman–Crippen MR) is 111 cm³/mol. The number of hydrogen-bond acceptors (Lipinski definition) is 6. The molecule has 2 heterocycles. The zero-order valence-electron chi connectivity index (χ0n) is 16.9. The summed E-state index contributed by atoms with van der Waals surface area (Å²) in [5.41, 5.74) is 2.59. The third-order valence-electron chi connectivity index (χ3n) is 4.24. The van der Waals surface area contributed by atoms with Crippen molar-refractivity contribution in [2.24, 2.45) is 0 Å². The molecule has 3 amide bonds. The second kappa shape index (κ2) is 8.20. The summed E-state index contributed by atoms with van der Waals surface area (Å²) in [6.07, 6.45) is 0.178. The predicted octanol–water partition coefficient (Wildman–Crippen LogP) is 2.90. The van der Waals surface area contributed by atoms with Gasteiger partial charge in [-0.05, 0) is 38.8 Å². The fourth-order valence-corrected chi connectivity index (χ4v) is 3.58. The van der Waals surface area contributed by atoms with Gasteiger partial charge >= 0.3 is 6.09 Å². The number of anilines is 1. The van der Waals surface area contributed by atoms with Gasteiger partial charge in [-0.2, -0.15) is 0 Å². The first-order valence-electron chi connectivity index (χ1n) is 9.23. The number of thiazole rings is 1. The molecule has 1 aliphatic rings. The molecule has 0 saturated heterocycles. The number of nitrogens with zero attached hydrogens (tertiary/aromatic N) is 2. The molecule has 0 radical (unpaired) electrons. The van der Waals surface area contributed by atoms with Gasteiger partial charge in [-0.1, -0.05) is 12.1 Å². The molecule has 29 heavy (non-hydrogen) atoms. The molecule has 0 aliphatic carbocycles. The Morgan fingerprint density at radius 2 is 2.07 bits per heavy atom. The van der Waals surface area contributed by atoms with Gasteiger partial charge in [0.05, 0.1) is 5.69 Å². The molecule has 0 spiro atoms. The summed E-state index contributed by atoms with van der Waals surface area (Å²) in [5, 5.41) is 7.28. The van der Waals surface area contributed by atoms with Crippen molar-refractivity contribution in [3.63, 3.8) is 0 Å². The van der Waals surface area contributed by atoms with Crippen LogP contribution in [-0.4, -0.2) is 53.5 Å². The van der Waals surface area contributed by atoms with E-state index in [0.717, 1.165) is 24.1 Å². The van der Waals surface area contributed by atoms with Crippen LogP contribution in [0.25, 0.3) is 11.3 Å². The van der Waals surface area contributed by atoms with Crippen molar-refractivity contribution in [1.82, 2.24) is 15.2 Å². The summed E-state index contributed by atoms with van der Waals surface area (Å²) in [5.74, 6) is -0.399. The maximum absolute atomic E-state index is 12.4. The largest absolute Gasteiger partial charge is 0.444 e. The topological polar surface area (TPSA) is 101 Å². The lowest BCUT2D eigenvalue weighted by atomic mass is 9.96. The van der Waals surface area contributed by atoms with Crippen molar-refractivity contribution >= 4 is 34.4 Å². The molecule has 154 valence electrons. The fraction of sp³-hybridized carbons (Fsp3) is 0.400. The Morgan fingerprint density at radius 3 is 2.79 bits per heavy atom. The number of likely N-dealkylation sites (N-methyl/N-ethyl adjacent to an activating group) is 1. The number of amides is 3. The number of nitrogens with one attached hydrogen (secondary N) is 2. The Morgan fingerprint density at radius 1 is 1.31 bits per heavy atom. The maximum Gasteiger partial charge on any atom is 0.408 e. The lowest BCUT2D eigenvalue weighted by Crippen LogP contribution is -2.37. The van der Waals surface area contributed by atoms with Gasteiger partial charge < -0.3 is 20.3 Å². The molecule has 1 aromatic heterocycles. The minimum atomic E-state index is -0.656. The smallest absolute Gasteiger partial charge is 0.408 e. The molecule has 1 aromatic carbocycles. The van der Waals surface area contributed by atoms with Crippen LogP contribution < -0.4 is 10.6 Å². The number of alkyl carbamates (subject to hydrolysis) is 1. The first kappa shape index (κ1) is 20.8. The van der Waals surface area contributed by atoms with Crippen molar-refractivity contribution in [1.29, 1.82) is 0 Å². The van der Waals surface area contributed by atoms with Crippen LogP contribution in [-0.2, 0) is 16.0 Å². The SMILES string of the molecule is CN1CCc2ccc(-c3csc(NC(=O)CNC(=O)OC(C)(C)C)n3)cc2C1=O. The molecule has 2 N–H and O–H groups in total. The average Bonchev–Trinajstić information content (AvgIpc) is 3.10. The van der Waals surface area contributed by atoms with Gasteiger partial charge in [0, 0.05) is 30.1 Å². The summed E-state index contributed by atoms with van der Waals surface area (Å²) in [4.78, 5) is 42.1. The average molecular weight is 417 g/mol. The number of benzene rings is 1. The van der Waals surface area contributed by atoms with Crippen molar-refractivity contribution < 1.29 is 19.1 Å². The van der Waals surface area contributed by atoms with Crippen LogP contribution in [0.4, 0.5) is 9.93 Å². The van der Waals surface area contributed by atoms with E-state index in [0.29, 0.717) is 16.4 Å². The lowest BCUT2D eigenvalue weighted by molar-refractivity contribution is -0.115. The summed E-state index contributed by atoms with van der Waals surface area (Å²) in [6.45, 7) is 5.74. The fourth-order valence-electron chi connectivity index (χ4n) is 2.84. The van der Waals surface area contributed by atoms with E-state index >= 15 is 0 Å². The van der Waals surface area contributed by atoms with Crippen LogP contribution in [0.15, 0.2) is 23.6 Å². The van der Waals surface area contributed by atoms with Gasteiger partial charge in [-0.25, -0.2) is 9.78 Å². The number of ether oxygens (including phenoxy) is 1. The van der Waals surface area contributed by atoms with Crippen LogP contribution in [0.2, 0.25) is 0 Å². The van der Waals surface area contributed by atoms with Crippen LogP contribution in [0, 0.1) is 0 Å². The Bertz CT molecular complexity index is 948. The highest BCUT2D eigenvalue weighted by molar-refractivity contribution is 7.14. The molecule has 1 aliphatic heterocycles. The quantitative estimate of drug-likeness (QED) is 0.798. The Labute approximate surface area is 173 Å². The summed E-state index contributed by atoms with van der Waals surface area (Å²) >= 11 is 1.27. The van der Waals surface area contributed by atoms with Crippen LogP contribution >= 0.6 is 11.3 Å². The summed E-state index contributed by atoms with van der Waals surface area (Å²) in [7, 11) is 1.79. The highest BCUT2D eigenvalue weighted by Crippen LogP contribution is 2.28. The molecule has 3 rings (SSSR count). The monoisotopic (exact) mass is 416 g/mol. The Kier molecular flexibility index (Phi) is 5.88. The van der Waals surface area contributed by atoms with Gasteiger partial charge in [0.15, 0.2) is 5.13 Å². The van der Waals surface area contributed by atoms with E-state index in [9.17, 15) is 14.4 Å². The second-order valence-corrected chi connectivity index (χ2v) is 8.65. The minimum Gasteiger partial charge on any atom is -0.444 e. The van der Waals surface area contributed by atoms with Gasteiger partial charge in [0.25, 0.3) is 5.91 Å². The Hall–Kier alpha value is -2.94. The molecule has 0 fully saturated rings. The van der Waals surface area contributed by atoms with Gasteiger partial charge in [-0.15, -0.1) is 11.3 Å². The first-order chi connectivity index (χ1) is 13.6. The van der Waals surface area contributed by atoms with Crippen LogP contribution in [0.1, 0.15) is 36.7 Å². The zero-order valence-corrected chi connectivity index (χ0v) is 17.7. The summed E-state index contributed by atoms with van der Waals surface area (Å²) in [6, 6.07) is 5.73. The van der Waals surface area contributed by atoms with E-state index in [-0.39, 0.29) is 12.5 Å². The van der Waals surface area contributed by atoms with E-state index in [2.05, 4.69) is 15.6 Å². The molecule has 0 saturated carbocycles. The normalized spacial score (nSPS) is 13.7. The Balaban J connectivity index is 1.62. The van der Waals surface area contributed by atoms with E-state index in [1.165, 1.54) is 11.3 Å². The molecule has 2 aromatic rings. The van der Waals surface area contributed by atoms with E-state index in [4.69, 9.17) is 4.74 Å². The molecule has 0 bridgehead atoms. The molecular formula is C20H24N4O4S. The van der Waals surface area contributed by atoms with Crippen molar-refractivity contribution in [3.8, 4) is 11.3 Å². The molecule has 8 nitrogen and oxygen atoms in total. The van der Waals surface area contributed by atoms with Crippen LogP contribution in [0.3, 0.4) is 0 Å². The molecular weight excluding hydrogens is 392 g/mol. The molecule has 0 unspecified atom stereocenters. The summed E-state index contributed by atoms with van der Waals surface area (Å²) < 4.78 is 5.09. The van der Waals surface area contributed by atoms with Crippen molar-refractivity contribution in [2.45, 2.75) is 32.8 Å². The van der Waals surface area contributed by atoms with Crippen LogP contribution in [0.5, 0.6) is 0 Å². The number of aromatic nitrogens is 1. The van der Waals surface area contributed by atoms with Crippen molar-refractivity contribution in [2.75, 3.05) is 25.5 Å². The van der Waals surface area contributed by atoms with E-state index in [1.807, 2.05) is 23.6 Å².